The maximum Gasteiger partial charge on any atom is 0.161 e. The number of hydrogen-bond donors (Lipinski definition) is 1. The largest absolute Gasteiger partial charge is 0.493 e. The van der Waals surface area contributed by atoms with Crippen molar-refractivity contribution in [2.45, 2.75) is 6.61 Å². The van der Waals surface area contributed by atoms with E-state index >= 15 is 0 Å². The van der Waals surface area contributed by atoms with Crippen LogP contribution in [0.3, 0.4) is 0 Å². The number of methoxy groups -OCH3 is 1. The van der Waals surface area contributed by atoms with Crippen LogP contribution in [-0.2, 0) is 6.61 Å². The lowest BCUT2D eigenvalue weighted by atomic mass is 10.3. The average molecular weight is 210 g/mol. The maximum atomic E-state index is 8.77. The van der Waals surface area contributed by atoms with Crippen molar-refractivity contribution < 1.29 is 9.84 Å². The Balaban J connectivity index is 0.00000121. The van der Waals surface area contributed by atoms with Gasteiger partial charge in [0.2, 0.25) is 0 Å². The summed E-state index contributed by atoms with van der Waals surface area (Å²) in [6.07, 6.45) is 1.52. The Labute approximate surface area is 81.7 Å². The van der Waals surface area contributed by atoms with Gasteiger partial charge < -0.3 is 9.84 Å². The van der Waals surface area contributed by atoms with Crippen molar-refractivity contribution in [2.75, 3.05) is 7.11 Å². The Morgan fingerprint density at radius 3 is 2.75 bits per heavy atom. The van der Waals surface area contributed by atoms with Crippen molar-refractivity contribution in [3.8, 4) is 5.75 Å². The highest BCUT2D eigenvalue weighted by molar-refractivity contribution is 6.32. The monoisotopic (exact) mass is 209 g/mol. The van der Waals surface area contributed by atoms with Crippen LogP contribution in [0.5, 0.6) is 5.75 Å². The maximum absolute atomic E-state index is 8.77. The normalized spacial score (nSPS) is 8.92. The minimum Gasteiger partial charge on any atom is -0.493 e. The molecule has 3 nitrogen and oxygen atoms in total. The molecule has 0 saturated heterocycles. The second-order valence-corrected chi connectivity index (χ2v) is 2.34. The van der Waals surface area contributed by atoms with E-state index < -0.39 is 0 Å². The van der Waals surface area contributed by atoms with Gasteiger partial charge in [-0.3, -0.25) is 4.98 Å². The summed E-state index contributed by atoms with van der Waals surface area (Å²) in [5.74, 6) is 0.441. The van der Waals surface area contributed by atoms with Crippen molar-refractivity contribution in [1.29, 1.82) is 0 Å². The van der Waals surface area contributed by atoms with Gasteiger partial charge in [-0.05, 0) is 6.07 Å². The number of rotatable bonds is 2. The number of aliphatic hydroxyl groups is 1. The Morgan fingerprint density at radius 2 is 2.33 bits per heavy atom. The molecule has 0 aliphatic heterocycles. The minimum atomic E-state index is -0.163. The molecule has 0 amide bonds. The van der Waals surface area contributed by atoms with Crippen molar-refractivity contribution in [2.24, 2.45) is 0 Å². The quantitative estimate of drug-likeness (QED) is 0.806. The molecule has 68 valence electrons. The van der Waals surface area contributed by atoms with Crippen LogP contribution in [0.4, 0.5) is 0 Å². The lowest BCUT2D eigenvalue weighted by Gasteiger charge is -2.05. The van der Waals surface area contributed by atoms with E-state index in [0.29, 0.717) is 16.5 Å². The van der Waals surface area contributed by atoms with Crippen LogP contribution in [0.2, 0.25) is 5.02 Å². The lowest BCUT2D eigenvalue weighted by Crippen LogP contribution is -1.95. The summed E-state index contributed by atoms with van der Waals surface area (Å²) in [4.78, 5) is 3.87. The molecule has 0 spiro atoms. The molecule has 12 heavy (non-hydrogen) atoms. The molecule has 0 aliphatic rings. The number of pyridine rings is 1. The third kappa shape index (κ3) is 2.24. The summed E-state index contributed by atoms with van der Waals surface area (Å²) >= 11 is 5.73. The van der Waals surface area contributed by atoms with Gasteiger partial charge in [0.15, 0.2) is 5.75 Å². The number of ether oxygens (including phenoxy) is 1. The van der Waals surface area contributed by atoms with Crippen molar-refractivity contribution in [1.82, 2.24) is 4.98 Å². The van der Waals surface area contributed by atoms with Crippen molar-refractivity contribution in [3.63, 3.8) is 0 Å². The molecule has 0 unspecified atom stereocenters. The second kappa shape index (κ2) is 5.19. The van der Waals surface area contributed by atoms with Gasteiger partial charge in [-0.1, -0.05) is 11.6 Å². The van der Waals surface area contributed by atoms with Gasteiger partial charge in [-0.2, -0.15) is 0 Å². The highest BCUT2D eigenvalue weighted by Crippen LogP contribution is 2.25. The van der Waals surface area contributed by atoms with Gasteiger partial charge in [-0.15, -0.1) is 12.4 Å². The number of nitrogens with zero attached hydrogens (tertiary/aromatic N) is 1. The van der Waals surface area contributed by atoms with E-state index in [1.807, 2.05) is 0 Å². The van der Waals surface area contributed by atoms with Gasteiger partial charge in [0, 0.05) is 6.20 Å². The zero-order valence-corrected chi connectivity index (χ0v) is 8.02. The zero-order valence-electron chi connectivity index (χ0n) is 6.45. The molecule has 0 aliphatic carbocycles. The first-order chi connectivity index (χ1) is 5.29. The van der Waals surface area contributed by atoms with Crippen LogP contribution in [0.15, 0.2) is 12.3 Å². The summed E-state index contributed by atoms with van der Waals surface area (Å²) in [5.41, 5.74) is 0.458. The number of aliphatic hydroxyl groups excluding tert-OH is 1. The Hall–Kier alpha value is -0.510. The summed E-state index contributed by atoms with van der Waals surface area (Å²) in [6.45, 7) is -0.163. The number of hydrogen-bond acceptors (Lipinski definition) is 3. The predicted molar refractivity (Wildman–Crippen MR) is 49.0 cm³/mol. The highest BCUT2D eigenvalue weighted by atomic mass is 35.5. The third-order valence-electron chi connectivity index (χ3n) is 1.28. The van der Waals surface area contributed by atoms with E-state index in [0.717, 1.165) is 0 Å². The first-order valence-electron chi connectivity index (χ1n) is 3.07. The van der Waals surface area contributed by atoms with Crippen LogP contribution in [-0.4, -0.2) is 17.2 Å². The summed E-state index contributed by atoms with van der Waals surface area (Å²) < 4.78 is 4.91. The van der Waals surface area contributed by atoms with Crippen LogP contribution < -0.4 is 4.74 Å². The first-order valence-corrected chi connectivity index (χ1v) is 3.45. The highest BCUT2D eigenvalue weighted by Gasteiger charge is 2.06. The molecule has 0 bridgehead atoms. The predicted octanol–water partition coefficient (Wildman–Crippen LogP) is 1.66. The van der Waals surface area contributed by atoms with Crippen LogP contribution >= 0.6 is 24.0 Å². The van der Waals surface area contributed by atoms with E-state index in [9.17, 15) is 0 Å². The SMILES string of the molecule is COc1c(Cl)ccnc1CO.Cl. The average Bonchev–Trinajstić information content (AvgIpc) is 2.04. The fourth-order valence-electron chi connectivity index (χ4n) is 0.793. The minimum absolute atomic E-state index is 0. The van der Waals surface area contributed by atoms with Crippen molar-refractivity contribution in [3.05, 3.63) is 23.0 Å². The van der Waals surface area contributed by atoms with E-state index in [1.54, 1.807) is 6.07 Å². The van der Waals surface area contributed by atoms with E-state index in [-0.39, 0.29) is 19.0 Å². The summed E-state index contributed by atoms with van der Waals surface area (Å²) in [6, 6.07) is 1.61. The molecule has 1 heterocycles. The lowest BCUT2D eigenvalue weighted by molar-refractivity contribution is 0.268. The molecule has 0 aromatic carbocycles. The molecule has 0 atom stereocenters. The van der Waals surface area contributed by atoms with E-state index in [4.69, 9.17) is 21.4 Å². The molecule has 5 heteroatoms. The molecular formula is C7H9Cl2NO2. The third-order valence-corrected chi connectivity index (χ3v) is 1.58. The second-order valence-electron chi connectivity index (χ2n) is 1.93. The van der Waals surface area contributed by atoms with Gasteiger partial charge >= 0.3 is 0 Å². The van der Waals surface area contributed by atoms with Gasteiger partial charge in [0.25, 0.3) is 0 Å². The van der Waals surface area contributed by atoms with Gasteiger partial charge in [0.1, 0.15) is 5.69 Å². The molecule has 1 aromatic rings. The topological polar surface area (TPSA) is 42.4 Å². The summed E-state index contributed by atoms with van der Waals surface area (Å²) in [5, 5.41) is 9.24. The molecule has 1 aromatic heterocycles. The Bertz CT molecular complexity index is 255. The van der Waals surface area contributed by atoms with Gasteiger partial charge in [-0.25, -0.2) is 0 Å². The van der Waals surface area contributed by atoms with Crippen LogP contribution in [0.1, 0.15) is 5.69 Å². The molecule has 1 rings (SSSR count). The molecule has 1 N–H and O–H groups in total. The fourth-order valence-corrected chi connectivity index (χ4v) is 1.04. The zero-order chi connectivity index (χ0) is 8.27. The van der Waals surface area contributed by atoms with E-state index in [2.05, 4.69) is 4.98 Å². The van der Waals surface area contributed by atoms with Crippen molar-refractivity contribution >= 4 is 24.0 Å². The molecule has 0 radical (unpaired) electrons. The molecular weight excluding hydrogens is 201 g/mol. The summed E-state index contributed by atoms with van der Waals surface area (Å²) in [7, 11) is 1.49. The number of aromatic nitrogens is 1. The standard InChI is InChI=1S/C7H8ClNO2.ClH/c1-11-7-5(8)2-3-9-6(7)4-10;/h2-3,10H,4H2,1H3;1H. The molecule has 0 saturated carbocycles. The van der Waals surface area contributed by atoms with Gasteiger partial charge in [0.05, 0.1) is 18.7 Å². The van der Waals surface area contributed by atoms with Crippen LogP contribution in [0.25, 0.3) is 0 Å². The van der Waals surface area contributed by atoms with E-state index in [1.165, 1.54) is 13.3 Å². The first kappa shape index (κ1) is 11.5. The smallest absolute Gasteiger partial charge is 0.161 e. The van der Waals surface area contributed by atoms with Crippen LogP contribution in [0, 0.1) is 0 Å². The number of halogens is 2. The fraction of sp³-hybridized carbons (Fsp3) is 0.286. The Kier molecular flexibility index (Phi) is 4.97. The molecule has 0 fully saturated rings. The Morgan fingerprint density at radius 1 is 1.67 bits per heavy atom.